The number of rotatable bonds is 1. The van der Waals surface area contributed by atoms with Gasteiger partial charge in [0.25, 0.3) is 0 Å². The van der Waals surface area contributed by atoms with Gasteiger partial charge in [-0.15, -0.1) is 0 Å². The summed E-state index contributed by atoms with van der Waals surface area (Å²) in [7, 11) is 0. The minimum Gasteiger partial charge on any atom is -0.315 e. The molecule has 3 heteroatoms. The maximum absolute atomic E-state index is 9.94. The lowest BCUT2D eigenvalue weighted by Gasteiger charge is -1.91. The Balaban J connectivity index is 1.84. The quantitative estimate of drug-likeness (QED) is 0.551. The van der Waals surface area contributed by atoms with E-state index in [1.807, 2.05) is 0 Å². The molecule has 3 nitrogen and oxygen atoms in total. The van der Waals surface area contributed by atoms with Crippen LogP contribution in [-0.2, 0) is 5.11 Å². The Morgan fingerprint density at radius 3 is 2.56 bits per heavy atom. The molecule has 0 saturated heterocycles. The third-order valence-corrected chi connectivity index (χ3v) is 2.37. The molecule has 2 aliphatic carbocycles. The van der Waals surface area contributed by atoms with E-state index in [4.69, 9.17) is 0 Å². The Morgan fingerprint density at radius 1 is 1.56 bits per heavy atom. The monoisotopic (exact) mass is 126 g/mol. The predicted molar refractivity (Wildman–Crippen MR) is 29.3 cm³/mol. The van der Waals surface area contributed by atoms with Crippen molar-refractivity contribution in [1.29, 1.82) is 0 Å². The van der Waals surface area contributed by atoms with Gasteiger partial charge in [-0.25, -0.2) is 9.90 Å². The maximum atomic E-state index is 9.94. The van der Waals surface area contributed by atoms with Gasteiger partial charge in [-0.1, -0.05) is 0 Å². The molecule has 2 aliphatic rings. The number of nitrogens with one attached hydrogen (secondary N) is 1. The van der Waals surface area contributed by atoms with E-state index in [9.17, 15) is 9.90 Å². The summed E-state index contributed by atoms with van der Waals surface area (Å²) in [4.78, 5) is 9.94. The Kier molecular flexibility index (Phi) is 0.693. The molecule has 0 aromatic heterocycles. The summed E-state index contributed by atoms with van der Waals surface area (Å²) in [5.74, 6) is 0. The standard InChI is InChI=1S/C6H8NO2/c8-5(9)7-4-3-6(4)1-2-6/h4,7H,1-3H2. The highest BCUT2D eigenvalue weighted by Gasteiger charge is 2.63. The predicted octanol–water partition coefficient (Wildman–Crippen LogP) is 0.679. The van der Waals surface area contributed by atoms with Crippen molar-refractivity contribution in [3.63, 3.8) is 0 Å². The molecule has 2 fully saturated rings. The van der Waals surface area contributed by atoms with Crippen molar-refractivity contribution >= 4 is 6.09 Å². The van der Waals surface area contributed by atoms with E-state index in [2.05, 4.69) is 5.32 Å². The van der Waals surface area contributed by atoms with Crippen molar-refractivity contribution < 1.29 is 9.90 Å². The molecule has 0 aliphatic heterocycles. The van der Waals surface area contributed by atoms with E-state index < -0.39 is 6.09 Å². The van der Waals surface area contributed by atoms with E-state index in [1.165, 1.54) is 12.8 Å². The van der Waals surface area contributed by atoms with Gasteiger partial charge in [-0.05, 0) is 24.7 Å². The SMILES string of the molecule is [O]C(=O)NC1CC12CC2. The van der Waals surface area contributed by atoms with Crippen LogP contribution in [0.15, 0.2) is 0 Å². The molecular formula is C6H8NO2. The fourth-order valence-corrected chi connectivity index (χ4v) is 1.41. The Hall–Kier alpha value is -0.730. The lowest BCUT2D eigenvalue weighted by Crippen LogP contribution is -2.23. The first-order valence-corrected chi connectivity index (χ1v) is 3.20. The summed E-state index contributed by atoms with van der Waals surface area (Å²) in [5.41, 5.74) is 0.417. The highest BCUT2D eigenvalue weighted by molar-refractivity contribution is 5.65. The normalized spacial score (nSPS) is 34.0. The summed E-state index contributed by atoms with van der Waals surface area (Å²) in [6, 6.07) is 0.238. The molecule has 1 radical (unpaired) electrons. The second kappa shape index (κ2) is 1.23. The van der Waals surface area contributed by atoms with Gasteiger partial charge >= 0.3 is 6.09 Å². The van der Waals surface area contributed by atoms with Crippen molar-refractivity contribution in [2.24, 2.45) is 5.41 Å². The average Bonchev–Trinajstić information content (AvgIpc) is 2.54. The maximum Gasteiger partial charge on any atom is 0.450 e. The van der Waals surface area contributed by atoms with Crippen LogP contribution in [0.25, 0.3) is 0 Å². The number of hydrogen-bond donors (Lipinski definition) is 1. The van der Waals surface area contributed by atoms with Gasteiger partial charge < -0.3 is 5.32 Å². The molecule has 2 rings (SSSR count). The second-order valence-electron chi connectivity index (χ2n) is 3.05. The largest absolute Gasteiger partial charge is 0.450 e. The molecule has 49 valence electrons. The fraction of sp³-hybridized carbons (Fsp3) is 0.833. The number of hydrogen-bond acceptors (Lipinski definition) is 1. The minimum atomic E-state index is -1.12. The lowest BCUT2D eigenvalue weighted by atomic mass is 10.4. The van der Waals surface area contributed by atoms with Gasteiger partial charge in [0, 0.05) is 6.04 Å². The summed E-state index contributed by atoms with van der Waals surface area (Å²) >= 11 is 0. The van der Waals surface area contributed by atoms with Gasteiger partial charge in [0.1, 0.15) is 0 Å². The topological polar surface area (TPSA) is 49.0 Å². The molecule has 1 spiro atoms. The van der Waals surface area contributed by atoms with Gasteiger partial charge in [0.05, 0.1) is 0 Å². The zero-order valence-corrected chi connectivity index (χ0v) is 5.02. The van der Waals surface area contributed by atoms with E-state index in [1.54, 1.807) is 0 Å². The van der Waals surface area contributed by atoms with E-state index >= 15 is 0 Å². The van der Waals surface area contributed by atoms with E-state index in [0.717, 1.165) is 6.42 Å². The third kappa shape index (κ3) is 0.677. The lowest BCUT2D eigenvalue weighted by molar-refractivity contribution is 0.167. The number of carbonyl (C=O) groups is 1. The molecule has 0 aromatic carbocycles. The molecule has 1 N–H and O–H groups in total. The highest BCUT2D eigenvalue weighted by atomic mass is 16.4. The average molecular weight is 126 g/mol. The molecular weight excluding hydrogens is 118 g/mol. The van der Waals surface area contributed by atoms with E-state index in [-0.39, 0.29) is 6.04 Å². The minimum absolute atomic E-state index is 0.238. The van der Waals surface area contributed by atoms with Gasteiger partial charge in [0.2, 0.25) is 0 Å². The van der Waals surface area contributed by atoms with Gasteiger partial charge in [-0.2, -0.15) is 0 Å². The summed E-state index contributed by atoms with van der Waals surface area (Å²) in [6.45, 7) is 0. The van der Waals surface area contributed by atoms with Gasteiger partial charge in [0.15, 0.2) is 0 Å². The molecule has 1 amide bonds. The van der Waals surface area contributed by atoms with Crippen LogP contribution < -0.4 is 5.32 Å². The third-order valence-electron chi connectivity index (χ3n) is 2.37. The zero-order chi connectivity index (χ0) is 6.48. The molecule has 1 unspecified atom stereocenters. The first-order valence-electron chi connectivity index (χ1n) is 3.20. The van der Waals surface area contributed by atoms with Crippen LogP contribution >= 0.6 is 0 Å². The van der Waals surface area contributed by atoms with Crippen molar-refractivity contribution in [2.45, 2.75) is 25.3 Å². The van der Waals surface area contributed by atoms with Crippen LogP contribution in [0.2, 0.25) is 0 Å². The molecule has 1 atom stereocenters. The smallest absolute Gasteiger partial charge is 0.315 e. The van der Waals surface area contributed by atoms with Crippen LogP contribution in [0.4, 0.5) is 4.79 Å². The Labute approximate surface area is 53.1 Å². The number of carbonyl (C=O) groups excluding carboxylic acids is 1. The molecule has 0 heterocycles. The van der Waals surface area contributed by atoms with Crippen LogP contribution in [-0.4, -0.2) is 12.1 Å². The number of amides is 1. The summed E-state index contributed by atoms with van der Waals surface area (Å²) in [5, 5.41) is 12.3. The first-order chi connectivity index (χ1) is 4.23. The van der Waals surface area contributed by atoms with Crippen molar-refractivity contribution in [3.8, 4) is 0 Å². The van der Waals surface area contributed by atoms with Crippen LogP contribution in [0.1, 0.15) is 19.3 Å². The highest BCUT2D eigenvalue weighted by Crippen LogP contribution is 2.65. The van der Waals surface area contributed by atoms with Crippen LogP contribution in [0, 0.1) is 5.41 Å². The molecule has 2 saturated carbocycles. The van der Waals surface area contributed by atoms with Crippen molar-refractivity contribution in [2.75, 3.05) is 0 Å². The van der Waals surface area contributed by atoms with Gasteiger partial charge in [-0.3, -0.25) is 0 Å². The van der Waals surface area contributed by atoms with Crippen LogP contribution in [0.5, 0.6) is 0 Å². The Morgan fingerprint density at radius 2 is 2.22 bits per heavy atom. The van der Waals surface area contributed by atoms with Crippen molar-refractivity contribution in [1.82, 2.24) is 5.32 Å². The zero-order valence-electron chi connectivity index (χ0n) is 5.02. The Bertz CT molecular complexity index is 162. The molecule has 0 bridgehead atoms. The first kappa shape index (κ1) is 5.09. The fourth-order valence-electron chi connectivity index (χ4n) is 1.41. The van der Waals surface area contributed by atoms with E-state index in [0.29, 0.717) is 5.41 Å². The second-order valence-corrected chi connectivity index (χ2v) is 3.05. The molecule has 0 aromatic rings. The molecule has 9 heavy (non-hydrogen) atoms. The summed E-state index contributed by atoms with van der Waals surface area (Å²) < 4.78 is 0. The van der Waals surface area contributed by atoms with Crippen LogP contribution in [0.3, 0.4) is 0 Å². The summed E-state index contributed by atoms with van der Waals surface area (Å²) in [6.07, 6.45) is 2.33. The van der Waals surface area contributed by atoms with Crippen molar-refractivity contribution in [3.05, 3.63) is 0 Å².